The summed E-state index contributed by atoms with van der Waals surface area (Å²) in [6.45, 7) is 6.07. The number of nitrogens with zero attached hydrogens (tertiary/aromatic N) is 2. The maximum Gasteiger partial charge on any atom is 0.311 e. The first-order chi connectivity index (χ1) is 12.4. The second-order valence-corrected chi connectivity index (χ2v) is 8.10. The molecule has 0 radical (unpaired) electrons. The van der Waals surface area contributed by atoms with Gasteiger partial charge in [-0.05, 0) is 48.8 Å². The lowest BCUT2D eigenvalue weighted by molar-refractivity contribution is -0.142. The number of hydrogen-bond acceptors (Lipinski definition) is 7. The molecule has 0 aliphatic rings. The Morgan fingerprint density at radius 1 is 1.42 bits per heavy atom. The summed E-state index contributed by atoms with van der Waals surface area (Å²) in [5, 5.41) is 6.63. The third-order valence-electron chi connectivity index (χ3n) is 2.94. The van der Waals surface area contributed by atoms with E-state index in [9.17, 15) is 4.79 Å². The fraction of sp³-hybridized carbons (Fsp3) is 0.353. The van der Waals surface area contributed by atoms with Gasteiger partial charge in [-0.15, -0.1) is 11.3 Å². The quantitative estimate of drug-likeness (QED) is 0.311. The fourth-order valence-electron chi connectivity index (χ4n) is 1.99. The van der Waals surface area contributed by atoms with E-state index >= 15 is 0 Å². The molecule has 2 aromatic rings. The molecular weight excluding hydrogens is 486 g/mol. The normalized spacial score (nSPS) is 11.2. The monoisotopic (exact) mass is 503 g/mol. The Morgan fingerprint density at radius 2 is 2.19 bits per heavy atom. The van der Waals surface area contributed by atoms with E-state index in [1.54, 1.807) is 18.5 Å². The minimum absolute atomic E-state index is 0.0389. The third kappa shape index (κ3) is 6.37. The minimum Gasteiger partial charge on any atom is -0.489 e. The van der Waals surface area contributed by atoms with E-state index in [2.05, 4.69) is 47.4 Å². The lowest BCUT2D eigenvalue weighted by atomic mass is 10.2. The molecule has 1 aromatic heterocycles. The van der Waals surface area contributed by atoms with Crippen molar-refractivity contribution < 1.29 is 14.3 Å². The number of halogens is 2. The summed E-state index contributed by atoms with van der Waals surface area (Å²) in [5.41, 5.74) is 4.35. The molecule has 0 saturated carbocycles. The lowest BCUT2D eigenvalue weighted by Crippen LogP contribution is -2.08. The van der Waals surface area contributed by atoms with Gasteiger partial charge in [-0.1, -0.05) is 15.9 Å². The van der Waals surface area contributed by atoms with Crippen molar-refractivity contribution in [3.63, 3.8) is 0 Å². The van der Waals surface area contributed by atoms with Crippen LogP contribution in [-0.4, -0.2) is 29.9 Å². The van der Waals surface area contributed by atoms with E-state index in [-0.39, 0.29) is 18.5 Å². The molecule has 1 aromatic carbocycles. The van der Waals surface area contributed by atoms with Gasteiger partial charge in [-0.2, -0.15) is 5.10 Å². The number of carbonyl (C=O) groups excluding carboxylic acids is 1. The maximum absolute atomic E-state index is 11.5. The van der Waals surface area contributed by atoms with Gasteiger partial charge in [0, 0.05) is 15.4 Å². The summed E-state index contributed by atoms with van der Waals surface area (Å²) < 4.78 is 12.5. The van der Waals surface area contributed by atoms with Crippen molar-refractivity contribution in [1.29, 1.82) is 0 Å². The molecule has 6 nitrogen and oxygen atoms in total. The molecule has 0 aliphatic carbocycles. The third-order valence-corrected chi connectivity index (χ3v) is 4.78. The van der Waals surface area contributed by atoms with E-state index in [1.165, 1.54) is 11.3 Å². The molecule has 0 atom stereocenters. The van der Waals surface area contributed by atoms with Gasteiger partial charge in [-0.3, -0.25) is 10.2 Å². The summed E-state index contributed by atoms with van der Waals surface area (Å²) >= 11 is 8.35. The largest absolute Gasteiger partial charge is 0.489 e. The first-order valence-electron chi connectivity index (χ1n) is 7.93. The van der Waals surface area contributed by atoms with Crippen LogP contribution in [-0.2, 0) is 16.0 Å². The maximum atomic E-state index is 11.5. The number of hydrazone groups is 1. The number of benzene rings is 1. The summed E-state index contributed by atoms with van der Waals surface area (Å²) in [6, 6.07) is 3.84. The van der Waals surface area contributed by atoms with Crippen LogP contribution in [0, 0.1) is 0 Å². The SMILES string of the molecule is CCOC(=O)Cc1csc(NN=Cc2cc(Br)cc(Br)c2OC(C)C)n1. The highest BCUT2D eigenvalue weighted by atomic mass is 79.9. The highest BCUT2D eigenvalue weighted by Gasteiger charge is 2.11. The van der Waals surface area contributed by atoms with Crippen LogP contribution in [0.25, 0.3) is 0 Å². The first kappa shape index (κ1) is 20.9. The summed E-state index contributed by atoms with van der Waals surface area (Å²) in [7, 11) is 0. The molecule has 0 aliphatic heterocycles. The molecule has 26 heavy (non-hydrogen) atoms. The van der Waals surface area contributed by atoms with Gasteiger partial charge < -0.3 is 9.47 Å². The summed E-state index contributed by atoms with van der Waals surface area (Å²) in [4.78, 5) is 15.8. The Kier molecular flexibility index (Phi) is 8.05. The highest BCUT2D eigenvalue weighted by Crippen LogP contribution is 2.32. The van der Waals surface area contributed by atoms with E-state index < -0.39 is 0 Å². The topological polar surface area (TPSA) is 72.8 Å². The van der Waals surface area contributed by atoms with Crippen molar-refractivity contribution in [2.45, 2.75) is 33.3 Å². The number of aromatic nitrogens is 1. The molecule has 9 heteroatoms. The number of hydrogen-bond donors (Lipinski definition) is 1. The Balaban J connectivity index is 2.07. The van der Waals surface area contributed by atoms with Crippen LogP contribution < -0.4 is 10.2 Å². The van der Waals surface area contributed by atoms with Crippen LogP contribution in [0.15, 0.2) is 31.6 Å². The molecule has 1 N–H and O–H groups in total. The summed E-state index contributed by atoms with van der Waals surface area (Å²) in [6.07, 6.45) is 1.86. The molecule has 0 bridgehead atoms. The van der Waals surface area contributed by atoms with E-state index in [0.717, 1.165) is 20.3 Å². The van der Waals surface area contributed by atoms with Crippen molar-refractivity contribution in [2.75, 3.05) is 12.0 Å². The summed E-state index contributed by atoms with van der Waals surface area (Å²) in [5.74, 6) is 0.429. The number of nitrogens with one attached hydrogen (secondary N) is 1. The van der Waals surface area contributed by atoms with Crippen molar-refractivity contribution >= 4 is 60.5 Å². The predicted molar refractivity (Wildman–Crippen MR) is 111 cm³/mol. The first-order valence-corrected chi connectivity index (χ1v) is 10.4. The van der Waals surface area contributed by atoms with Crippen LogP contribution in [0.2, 0.25) is 0 Å². The van der Waals surface area contributed by atoms with Crippen molar-refractivity contribution in [1.82, 2.24) is 4.98 Å². The second-order valence-electron chi connectivity index (χ2n) is 5.47. The average Bonchev–Trinajstić information content (AvgIpc) is 2.97. The number of esters is 1. The van der Waals surface area contributed by atoms with Crippen molar-refractivity contribution in [3.8, 4) is 5.75 Å². The average molecular weight is 505 g/mol. The Hall–Kier alpha value is -1.45. The molecule has 140 valence electrons. The van der Waals surface area contributed by atoms with Gasteiger partial charge in [-0.25, -0.2) is 4.98 Å². The Bertz CT molecular complexity index is 794. The minimum atomic E-state index is -0.290. The van der Waals surface area contributed by atoms with Gasteiger partial charge in [0.25, 0.3) is 0 Å². The number of thiazole rings is 1. The lowest BCUT2D eigenvalue weighted by Gasteiger charge is -2.14. The van der Waals surface area contributed by atoms with Gasteiger partial charge in [0.15, 0.2) is 0 Å². The van der Waals surface area contributed by atoms with Crippen molar-refractivity contribution in [2.24, 2.45) is 5.10 Å². The van der Waals surface area contributed by atoms with Gasteiger partial charge in [0.2, 0.25) is 5.13 Å². The zero-order valence-electron chi connectivity index (χ0n) is 14.6. The smallest absolute Gasteiger partial charge is 0.311 e. The highest BCUT2D eigenvalue weighted by molar-refractivity contribution is 9.11. The van der Waals surface area contributed by atoms with Gasteiger partial charge in [0.05, 0.1) is 35.5 Å². The molecule has 0 unspecified atom stereocenters. The van der Waals surface area contributed by atoms with E-state index in [1.807, 2.05) is 26.0 Å². The fourth-order valence-corrected chi connectivity index (χ4v) is 4.00. The molecule has 0 amide bonds. The van der Waals surface area contributed by atoms with E-state index in [0.29, 0.717) is 17.4 Å². The molecule has 2 rings (SSSR count). The van der Waals surface area contributed by atoms with Crippen LogP contribution in [0.5, 0.6) is 5.75 Å². The molecule has 1 heterocycles. The molecule has 0 saturated heterocycles. The van der Waals surface area contributed by atoms with Crippen LogP contribution in [0.1, 0.15) is 32.0 Å². The number of carbonyl (C=O) groups is 1. The zero-order chi connectivity index (χ0) is 19.1. The van der Waals surface area contributed by atoms with Crippen LogP contribution >= 0.6 is 43.2 Å². The molecule has 0 spiro atoms. The van der Waals surface area contributed by atoms with Crippen LogP contribution in [0.4, 0.5) is 5.13 Å². The van der Waals surface area contributed by atoms with E-state index in [4.69, 9.17) is 9.47 Å². The van der Waals surface area contributed by atoms with Gasteiger partial charge in [0.1, 0.15) is 5.75 Å². The van der Waals surface area contributed by atoms with Crippen LogP contribution in [0.3, 0.4) is 0 Å². The standard InChI is InChI=1S/C17H19Br2N3O3S/c1-4-24-15(23)7-13-9-26-17(21-13)22-20-8-11-5-12(18)6-14(19)16(11)25-10(2)3/h5-6,8-10H,4,7H2,1-3H3,(H,21,22). The number of ether oxygens (including phenoxy) is 2. The zero-order valence-corrected chi connectivity index (χ0v) is 18.6. The Morgan fingerprint density at radius 3 is 2.88 bits per heavy atom. The number of rotatable bonds is 8. The Labute approximate surface area is 173 Å². The van der Waals surface area contributed by atoms with Gasteiger partial charge >= 0.3 is 5.97 Å². The molecule has 0 fully saturated rings. The predicted octanol–water partition coefficient (Wildman–Crippen LogP) is 5.01. The molecular formula is C17H19Br2N3O3S. The van der Waals surface area contributed by atoms with Crippen molar-refractivity contribution in [3.05, 3.63) is 37.7 Å². The second kappa shape index (κ2) is 10.0. The number of anilines is 1.